The van der Waals surface area contributed by atoms with Gasteiger partial charge in [-0.3, -0.25) is 0 Å². The maximum absolute atomic E-state index is 9.84. The molecule has 1 atom stereocenters. The molecule has 0 aliphatic heterocycles. The van der Waals surface area contributed by atoms with E-state index in [1.54, 1.807) is 18.2 Å². The van der Waals surface area contributed by atoms with Crippen molar-refractivity contribution < 1.29 is 13.9 Å². The molecule has 0 spiro atoms. The Morgan fingerprint density at radius 3 is 2.50 bits per heavy atom. The Bertz CT molecular complexity index is 433. The Morgan fingerprint density at radius 1 is 1.21 bits per heavy atom. The fraction of sp³-hybridized carbons (Fsp3) is 0.111. The number of hydrogen-bond donors (Lipinski definition) is 1. The van der Waals surface area contributed by atoms with Gasteiger partial charge in [-0.05, 0) is 50.1 Å². The Hall–Kier alpha value is -0.520. The fourth-order valence-corrected chi connectivity index (χ4v) is 1.84. The van der Waals surface area contributed by atoms with Crippen LogP contribution in [0.5, 0.6) is 0 Å². The van der Waals surface area contributed by atoms with Crippen LogP contribution in [0.1, 0.15) is 17.6 Å². The molecule has 0 amide bonds. The summed E-state index contributed by atoms with van der Waals surface area (Å²) in [5.74, 6) is 0.874. The summed E-state index contributed by atoms with van der Waals surface area (Å²) in [6.45, 7) is 0. The van der Waals surface area contributed by atoms with Crippen molar-refractivity contribution >= 4 is 31.9 Å². The molecule has 2 aromatic heterocycles. The number of furan rings is 2. The molecule has 14 heavy (non-hydrogen) atoms. The van der Waals surface area contributed by atoms with Crippen LogP contribution < -0.4 is 0 Å². The van der Waals surface area contributed by atoms with E-state index in [4.69, 9.17) is 8.83 Å². The Labute approximate surface area is 97.0 Å². The molecule has 1 unspecified atom stereocenters. The first kappa shape index (κ1) is 10.0. The van der Waals surface area contributed by atoms with E-state index in [1.165, 1.54) is 6.26 Å². The third-order valence-corrected chi connectivity index (χ3v) is 2.84. The quantitative estimate of drug-likeness (QED) is 0.921. The maximum Gasteiger partial charge on any atom is 0.170 e. The van der Waals surface area contributed by atoms with Crippen molar-refractivity contribution in [3.05, 3.63) is 45.1 Å². The lowest BCUT2D eigenvalue weighted by molar-refractivity contribution is 0.160. The van der Waals surface area contributed by atoms with Gasteiger partial charge in [0.05, 0.1) is 10.7 Å². The molecule has 0 aliphatic rings. The summed E-state index contributed by atoms with van der Waals surface area (Å²) in [5, 5.41) is 9.84. The van der Waals surface area contributed by atoms with Gasteiger partial charge in [0.2, 0.25) is 0 Å². The topological polar surface area (TPSA) is 46.5 Å². The zero-order valence-electron chi connectivity index (χ0n) is 6.91. The van der Waals surface area contributed by atoms with Gasteiger partial charge in [0.1, 0.15) is 5.76 Å². The fourth-order valence-electron chi connectivity index (χ4n) is 1.10. The highest BCUT2D eigenvalue weighted by Gasteiger charge is 2.20. The molecular formula is C9H6Br2O3. The minimum absolute atomic E-state index is 0.437. The lowest BCUT2D eigenvalue weighted by Gasteiger charge is -2.04. The highest BCUT2D eigenvalue weighted by atomic mass is 79.9. The van der Waals surface area contributed by atoms with Crippen LogP contribution in [0.25, 0.3) is 0 Å². The van der Waals surface area contributed by atoms with Gasteiger partial charge in [-0.1, -0.05) is 0 Å². The average molecular weight is 322 g/mol. The standard InChI is InChI=1S/C9H6Br2O3/c10-5-3-4-13-9(5)8(12)6-1-2-7(11)14-6/h1-4,8,12H. The van der Waals surface area contributed by atoms with Crippen LogP contribution in [0.2, 0.25) is 0 Å². The smallest absolute Gasteiger partial charge is 0.170 e. The van der Waals surface area contributed by atoms with Crippen molar-refractivity contribution in [2.24, 2.45) is 0 Å². The van der Waals surface area contributed by atoms with E-state index in [2.05, 4.69) is 31.9 Å². The van der Waals surface area contributed by atoms with E-state index < -0.39 is 6.10 Å². The summed E-state index contributed by atoms with van der Waals surface area (Å²) in [5.41, 5.74) is 0. The zero-order valence-corrected chi connectivity index (χ0v) is 10.1. The third-order valence-electron chi connectivity index (χ3n) is 1.76. The summed E-state index contributed by atoms with van der Waals surface area (Å²) in [6, 6.07) is 5.12. The minimum atomic E-state index is -0.884. The molecule has 2 aromatic rings. The highest BCUT2D eigenvalue weighted by molar-refractivity contribution is 9.10. The summed E-state index contributed by atoms with van der Waals surface area (Å²) < 4.78 is 11.6. The zero-order chi connectivity index (χ0) is 10.1. The number of halogens is 2. The van der Waals surface area contributed by atoms with Crippen LogP contribution in [0, 0.1) is 0 Å². The maximum atomic E-state index is 9.84. The van der Waals surface area contributed by atoms with E-state index in [1.807, 2.05) is 0 Å². The second-order valence-electron chi connectivity index (χ2n) is 2.68. The summed E-state index contributed by atoms with van der Waals surface area (Å²) in [4.78, 5) is 0. The van der Waals surface area contributed by atoms with Crippen LogP contribution in [0.4, 0.5) is 0 Å². The lowest BCUT2D eigenvalue weighted by Crippen LogP contribution is -1.96. The molecule has 0 saturated carbocycles. The van der Waals surface area contributed by atoms with E-state index >= 15 is 0 Å². The number of hydrogen-bond acceptors (Lipinski definition) is 3. The van der Waals surface area contributed by atoms with E-state index in [-0.39, 0.29) is 0 Å². The molecule has 0 saturated heterocycles. The molecule has 74 valence electrons. The van der Waals surface area contributed by atoms with Crippen LogP contribution in [0.15, 0.2) is 42.4 Å². The number of rotatable bonds is 2. The monoisotopic (exact) mass is 320 g/mol. The molecule has 0 bridgehead atoms. The van der Waals surface area contributed by atoms with Crippen LogP contribution in [-0.4, -0.2) is 5.11 Å². The third kappa shape index (κ3) is 1.80. The number of aliphatic hydroxyl groups is 1. The molecule has 5 heteroatoms. The SMILES string of the molecule is OC(c1ccc(Br)o1)c1occc1Br. The minimum Gasteiger partial charge on any atom is -0.465 e. The molecule has 0 aliphatic carbocycles. The summed E-state index contributed by atoms with van der Waals surface area (Å²) >= 11 is 6.43. The van der Waals surface area contributed by atoms with Gasteiger partial charge >= 0.3 is 0 Å². The van der Waals surface area contributed by atoms with Crippen LogP contribution in [-0.2, 0) is 0 Å². The normalized spacial score (nSPS) is 13.1. The van der Waals surface area contributed by atoms with Crippen molar-refractivity contribution in [3.63, 3.8) is 0 Å². The molecule has 2 rings (SSSR count). The lowest BCUT2D eigenvalue weighted by atomic mass is 10.2. The molecule has 1 N–H and O–H groups in total. The first-order valence-corrected chi connectivity index (χ1v) is 5.43. The van der Waals surface area contributed by atoms with E-state index in [9.17, 15) is 5.11 Å². The van der Waals surface area contributed by atoms with Gasteiger partial charge in [0, 0.05) is 0 Å². The predicted octanol–water partition coefficient (Wildman–Crippen LogP) is 3.48. The second kappa shape index (κ2) is 3.92. The van der Waals surface area contributed by atoms with Gasteiger partial charge in [0.25, 0.3) is 0 Å². The molecule has 3 nitrogen and oxygen atoms in total. The van der Waals surface area contributed by atoms with Crippen molar-refractivity contribution in [2.75, 3.05) is 0 Å². The molecule has 0 radical (unpaired) electrons. The number of aliphatic hydroxyl groups excluding tert-OH is 1. The second-order valence-corrected chi connectivity index (χ2v) is 4.31. The van der Waals surface area contributed by atoms with Gasteiger partial charge in [-0.15, -0.1) is 0 Å². The Morgan fingerprint density at radius 2 is 2.00 bits per heavy atom. The molecule has 0 aromatic carbocycles. The van der Waals surface area contributed by atoms with Gasteiger partial charge in [-0.25, -0.2) is 0 Å². The summed E-state index contributed by atoms with van der Waals surface area (Å²) in [6.07, 6.45) is 0.617. The van der Waals surface area contributed by atoms with E-state index in [0.717, 1.165) is 4.47 Å². The van der Waals surface area contributed by atoms with Gasteiger partial charge < -0.3 is 13.9 Å². The average Bonchev–Trinajstić information content (AvgIpc) is 2.73. The van der Waals surface area contributed by atoms with Crippen LogP contribution >= 0.6 is 31.9 Å². The molecule has 0 fully saturated rings. The first-order chi connectivity index (χ1) is 6.68. The van der Waals surface area contributed by atoms with Crippen molar-refractivity contribution in [1.82, 2.24) is 0 Å². The van der Waals surface area contributed by atoms with Crippen molar-refractivity contribution in [2.45, 2.75) is 6.10 Å². The van der Waals surface area contributed by atoms with E-state index in [0.29, 0.717) is 16.2 Å². The summed E-state index contributed by atoms with van der Waals surface area (Å²) in [7, 11) is 0. The first-order valence-electron chi connectivity index (χ1n) is 3.84. The van der Waals surface area contributed by atoms with Gasteiger partial charge in [-0.2, -0.15) is 0 Å². The van der Waals surface area contributed by atoms with Crippen LogP contribution in [0.3, 0.4) is 0 Å². The van der Waals surface area contributed by atoms with Gasteiger partial charge in [0.15, 0.2) is 16.5 Å². The van der Waals surface area contributed by atoms with Crippen molar-refractivity contribution in [1.29, 1.82) is 0 Å². The predicted molar refractivity (Wildman–Crippen MR) is 56.9 cm³/mol. The Balaban J connectivity index is 2.33. The largest absolute Gasteiger partial charge is 0.465 e. The molecular weight excluding hydrogens is 316 g/mol. The van der Waals surface area contributed by atoms with Crippen molar-refractivity contribution in [3.8, 4) is 0 Å². The Kier molecular flexibility index (Phi) is 2.80. The highest BCUT2D eigenvalue weighted by Crippen LogP contribution is 2.31. The molecule has 2 heterocycles.